The summed E-state index contributed by atoms with van der Waals surface area (Å²) in [4.78, 5) is 3.26. The number of benzene rings is 1. The van der Waals surface area contributed by atoms with Crippen molar-refractivity contribution in [1.82, 2.24) is 10.3 Å². The van der Waals surface area contributed by atoms with E-state index >= 15 is 0 Å². The van der Waals surface area contributed by atoms with Crippen LogP contribution in [0.5, 0.6) is 5.75 Å². The first-order valence-electron chi connectivity index (χ1n) is 5.13. The topological polar surface area (TPSA) is 37.0 Å². The molecule has 2 aromatic rings. The Balaban J connectivity index is 2.34. The molecule has 0 saturated heterocycles. The lowest BCUT2D eigenvalue weighted by Gasteiger charge is -2.00. The van der Waals surface area contributed by atoms with Gasteiger partial charge in [0, 0.05) is 23.2 Å². The van der Waals surface area contributed by atoms with Gasteiger partial charge in [0.05, 0.1) is 7.11 Å². The second kappa shape index (κ2) is 4.36. The molecule has 1 aromatic carbocycles. The Bertz CT molecular complexity index is 448. The molecule has 0 bridgehead atoms. The molecule has 3 nitrogen and oxygen atoms in total. The molecule has 0 aliphatic carbocycles. The van der Waals surface area contributed by atoms with Gasteiger partial charge in [-0.3, -0.25) is 0 Å². The van der Waals surface area contributed by atoms with Crippen molar-refractivity contribution in [1.29, 1.82) is 0 Å². The third-order valence-corrected chi connectivity index (χ3v) is 2.62. The van der Waals surface area contributed by atoms with E-state index in [1.54, 1.807) is 7.11 Å². The van der Waals surface area contributed by atoms with Crippen molar-refractivity contribution in [2.45, 2.75) is 6.42 Å². The van der Waals surface area contributed by atoms with Gasteiger partial charge in [-0.2, -0.15) is 0 Å². The molecule has 0 fully saturated rings. The van der Waals surface area contributed by atoms with E-state index in [9.17, 15) is 0 Å². The number of rotatable bonds is 4. The lowest BCUT2D eigenvalue weighted by molar-refractivity contribution is 0.415. The Hall–Kier alpha value is -1.48. The highest BCUT2D eigenvalue weighted by atomic mass is 16.5. The minimum Gasteiger partial charge on any atom is -0.497 e. The summed E-state index contributed by atoms with van der Waals surface area (Å²) in [5.41, 5.74) is 2.49. The number of aromatic amines is 1. The summed E-state index contributed by atoms with van der Waals surface area (Å²) >= 11 is 0. The van der Waals surface area contributed by atoms with Crippen molar-refractivity contribution in [3.05, 3.63) is 30.0 Å². The summed E-state index contributed by atoms with van der Waals surface area (Å²) in [5, 5.41) is 4.44. The second-order valence-corrected chi connectivity index (χ2v) is 3.58. The van der Waals surface area contributed by atoms with Gasteiger partial charge in [0.25, 0.3) is 0 Å². The van der Waals surface area contributed by atoms with E-state index < -0.39 is 0 Å². The predicted octanol–water partition coefficient (Wildman–Crippen LogP) is 1.94. The number of methoxy groups -OCH3 is 1. The number of likely N-dealkylation sites (N-methyl/N-ethyl adjacent to an activating group) is 1. The third kappa shape index (κ3) is 1.97. The molecule has 1 aromatic heterocycles. The van der Waals surface area contributed by atoms with Gasteiger partial charge in [-0.1, -0.05) is 0 Å². The lowest BCUT2D eigenvalue weighted by atomic mass is 10.1. The van der Waals surface area contributed by atoms with Crippen LogP contribution in [0.15, 0.2) is 24.4 Å². The van der Waals surface area contributed by atoms with E-state index in [2.05, 4.69) is 22.6 Å². The summed E-state index contributed by atoms with van der Waals surface area (Å²) < 4.78 is 5.18. The fraction of sp³-hybridized carbons (Fsp3) is 0.333. The Labute approximate surface area is 89.4 Å². The first-order chi connectivity index (χ1) is 7.35. The number of fused-ring (bicyclic) bond motifs is 1. The van der Waals surface area contributed by atoms with Crippen molar-refractivity contribution in [2.24, 2.45) is 0 Å². The summed E-state index contributed by atoms with van der Waals surface area (Å²) in [6.07, 6.45) is 3.12. The molecule has 0 atom stereocenters. The van der Waals surface area contributed by atoms with Crippen LogP contribution in [0.4, 0.5) is 0 Å². The number of ether oxygens (including phenoxy) is 1. The van der Waals surface area contributed by atoms with Gasteiger partial charge < -0.3 is 15.0 Å². The standard InChI is InChI=1S/C12H16N2O/c1-13-6-5-9-8-14-12-7-10(15-2)3-4-11(9)12/h3-4,7-8,13-14H,5-6H2,1-2H3. The highest BCUT2D eigenvalue weighted by Gasteiger charge is 2.03. The molecule has 15 heavy (non-hydrogen) atoms. The molecule has 0 spiro atoms. The maximum absolute atomic E-state index is 5.18. The fourth-order valence-corrected chi connectivity index (χ4v) is 1.76. The molecule has 80 valence electrons. The van der Waals surface area contributed by atoms with Gasteiger partial charge in [0.1, 0.15) is 5.75 Å². The molecule has 0 radical (unpaired) electrons. The van der Waals surface area contributed by atoms with Gasteiger partial charge in [-0.25, -0.2) is 0 Å². The van der Waals surface area contributed by atoms with Crippen LogP contribution in [0, 0.1) is 0 Å². The van der Waals surface area contributed by atoms with E-state index in [1.807, 2.05) is 19.2 Å². The highest BCUT2D eigenvalue weighted by molar-refractivity contribution is 5.84. The van der Waals surface area contributed by atoms with Crippen LogP contribution in [0.2, 0.25) is 0 Å². The van der Waals surface area contributed by atoms with Crippen molar-refractivity contribution < 1.29 is 4.74 Å². The molecule has 3 heteroatoms. The van der Waals surface area contributed by atoms with Gasteiger partial charge in [-0.05, 0) is 37.7 Å². The lowest BCUT2D eigenvalue weighted by Crippen LogP contribution is -2.09. The van der Waals surface area contributed by atoms with Crippen molar-refractivity contribution in [2.75, 3.05) is 20.7 Å². The maximum atomic E-state index is 5.18. The SMILES string of the molecule is CNCCc1c[nH]c2cc(OC)ccc12. The number of aromatic nitrogens is 1. The zero-order valence-corrected chi connectivity index (χ0v) is 9.13. The largest absolute Gasteiger partial charge is 0.497 e. The smallest absolute Gasteiger partial charge is 0.120 e. The highest BCUT2D eigenvalue weighted by Crippen LogP contribution is 2.23. The van der Waals surface area contributed by atoms with Crippen LogP contribution in [-0.2, 0) is 6.42 Å². The Morgan fingerprint density at radius 3 is 3.00 bits per heavy atom. The maximum Gasteiger partial charge on any atom is 0.120 e. The molecule has 2 N–H and O–H groups in total. The van der Waals surface area contributed by atoms with Crippen LogP contribution >= 0.6 is 0 Å². The van der Waals surface area contributed by atoms with Crippen molar-refractivity contribution >= 4 is 10.9 Å². The number of H-pyrrole nitrogens is 1. The zero-order chi connectivity index (χ0) is 10.7. The molecule has 0 unspecified atom stereocenters. The number of hydrogen-bond acceptors (Lipinski definition) is 2. The van der Waals surface area contributed by atoms with E-state index in [0.29, 0.717) is 0 Å². The minimum absolute atomic E-state index is 0.893. The van der Waals surface area contributed by atoms with Gasteiger partial charge in [-0.15, -0.1) is 0 Å². The molecule has 1 heterocycles. The van der Waals surface area contributed by atoms with Crippen LogP contribution in [0.25, 0.3) is 10.9 Å². The van der Waals surface area contributed by atoms with E-state index in [1.165, 1.54) is 10.9 Å². The molecular weight excluding hydrogens is 188 g/mol. The summed E-state index contributed by atoms with van der Waals surface area (Å²) in [7, 11) is 3.66. The summed E-state index contributed by atoms with van der Waals surface area (Å²) in [6.45, 7) is 0.999. The molecule has 0 aliphatic heterocycles. The van der Waals surface area contributed by atoms with Gasteiger partial charge in [0.2, 0.25) is 0 Å². The molecule has 0 aliphatic rings. The quantitative estimate of drug-likeness (QED) is 0.798. The number of nitrogens with one attached hydrogen (secondary N) is 2. The van der Waals surface area contributed by atoms with Crippen LogP contribution in [0.3, 0.4) is 0 Å². The molecule has 0 amide bonds. The van der Waals surface area contributed by atoms with Crippen molar-refractivity contribution in [3.63, 3.8) is 0 Å². The van der Waals surface area contributed by atoms with Crippen LogP contribution in [0.1, 0.15) is 5.56 Å². The number of hydrogen-bond donors (Lipinski definition) is 2. The zero-order valence-electron chi connectivity index (χ0n) is 9.13. The normalized spacial score (nSPS) is 10.8. The van der Waals surface area contributed by atoms with Crippen molar-refractivity contribution in [3.8, 4) is 5.75 Å². The first-order valence-corrected chi connectivity index (χ1v) is 5.13. The first kappa shape index (κ1) is 10.1. The van der Waals surface area contributed by atoms with Gasteiger partial charge >= 0.3 is 0 Å². The monoisotopic (exact) mass is 204 g/mol. The van der Waals surface area contributed by atoms with Gasteiger partial charge in [0.15, 0.2) is 0 Å². The average molecular weight is 204 g/mol. The average Bonchev–Trinajstić information content (AvgIpc) is 2.68. The summed E-state index contributed by atoms with van der Waals surface area (Å²) in [6, 6.07) is 6.13. The fourth-order valence-electron chi connectivity index (χ4n) is 1.76. The Morgan fingerprint density at radius 2 is 2.27 bits per heavy atom. The van der Waals surface area contributed by atoms with Crippen LogP contribution in [-0.4, -0.2) is 25.7 Å². The predicted molar refractivity (Wildman–Crippen MR) is 62.5 cm³/mol. The van der Waals surface area contributed by atoms with E-state index in [4.69, 9.17) is 4.74 Å². The molecule has 2 rings (SSSR count). The third-order valence-electron chi connectivity index (χ3n) is 2.62. The molecular formula is C12H16N2O. The Morgan fingerprint density at radius 1 is 1.40 bits per heavy atom. The molecule has 0 saturated carbocycles. The van der Waals surface area contributed by atoms with Crippen LogP contribution < -0.4 is 10.1 Å². The minimum atomic E-state index is 0.893. The van der Waals surface area contributed by atoms with E-state index in [-0.39, 0.29) is 0 Å². The Kier molecular flexibility index (Phi) is 2.92. The summed E-state index contributed by atoms with van der Waals surface area (Å²) in [5.74, 6) is 0.893. The van der Waals surface area contributed by atoms with E-state index in [0.717, 1.165) is 24.2 Å². The second-order valence-electron chi connectivity index (χ2n) is 3.58.